The molecule has 3 aromatic rings. The van der Waals surface area contributed by atoms with Crippen LogP contribution in [0.3, 0.4) is 0 Å². The SMILES string of the molecule is O=C(c1c(F)cccc1Cl)N1CCN(C2c3ccccc3CCc3ccccc32)CC1. The number of hydrogen-bond acceptors (Lipinski definition) is 2. The summed E-state index contributed by atoms with van der Waals surface area (Å²) >= 11 is 6.13. The van der Waals surface area contributed by atoms with E-state index in [1.165, 1.54) is 34.4 Å². The van der Waals surface area contributed by atoms with E-state index in [9.17, 15) is 9.18 Å². The fourth-order valence-corrected chi connectivity index (χ4v) is 5.17. The smallest absolute Gasteiger partial charge is 0.258 e. The van der Waals surface area contributed by atoms with Crippen molar-refractivity contribution in [3.63, 3.8) is 0 Å². The van der Waals surface area contributed by atoms with Crippen molar-refractivity contribution in [1.29, 1.82) is 0 Å². The Kier molecular flexibility index (Phi) is 5.51. The molecule has 0 spiro atoms. The molecule has 3 nitrogen and oxygen atoms in total. The van der Waals surface area contributed by atoms with E-state index < -0.39 is 5.82 Å². The van der Waals surface area contributed by atoms with E-state index >= 15 is 0 Å². The molecule has 1 heterocycles. The topological polar surface area (TPSA) is 23.6 Å². The number of benzene rings is 3. The molecular formula is C26H24ClFN2O. The lowest BCUT2D eigenvalue weighted by atomic mass is 9.92. The van der Waals surface area contributed by atoms with Crippen molar-refractivity contribution in [2.24, 2.45) is 0 Å². The van der Waals surface area contributed by atoms with Gasteiger partial charge in [-0.15, -0.1) is 0 Å². The van der Waals surface area contributed by atoms with Gasteiger partial charge in [0.05, 0.1) is 16.6 Å². The Bertz CT molecular complexity index is 1060. The monoisotopic (exact) mass is 434 g/mol. The largest absolute Gasteiger partial charge is 0.336 e. The second-order valence-corrected chi connectivity index (χ2v) is 8.63. The molecule has 1 fully saturated rings. The van der Waals surface area contributed by atoms with Gasteiger partial charge in [-0.05, 0) is 47.2 Å². The van der Waals surface area contributed by atoms with E-state index in [4.69, 9.17) is 11.6 Å². The van der Waals surface area contributed by atoms with Crippen molar-refractivity contribution in [3.8, 4) is 0 Å². The Morgan fingerprint density at radius 1 is 0.806 bits per heavy atom. The number of aryl methyl sites for hydroxylation is 2. The van der Waals surface area contributed by atoms with Crippen LogP contribution < -0.4 is 0 Å². The predicted molar refractivity (Wildman–Crippen MR) is 121 cm³/mol. The summed E-state index contributed by atoms with van der Waals surface area (Å²) in [4.78, 5) is 17.1. The van der Waals surface area contributed by atoms with Crippen molar-refractivity contribution in [2.75, 3.05) is 26.2 Å². The standard InChI is InChI=1S/C26H24ClFN2O/c27-22-10-5-11-23(28)24(22)26(31)30-16-14-29(15-17-30)25-20-8-3-1-6-18(20)12-13-19-7-2-4-9-21(19)25/h1-11,25H,12-17H2. The third-order valence-corrected chi connectivity index (χ3v) is 6.82. The van der Waals surface area contributed by atoms with Gasteiger partial charge >= 0.3 is 0 Å². The Balaban J connectivity index is 1.42. The number of piperazine rings is 1. The van der Waals surface area contributed by atoms with Gasteiger partial charge in [0.15, 0.2) is 0 Å². The van der Waals surface area contributed by atoms with Crippen LogP contribution >= 0.6 is 11.6 Å². The Labute approximate surface area is 187 Å². The second kappa shape index (κ2) is 8.45. The van der Waals surface area contributed by atoms with Gasteiger partial charge in [-0.3, -0.25) is 9.69 Å². The molecule has 31 heavy (non-hydrogen) atoms. The molecular weight excluding hydrogens is 411 g/mol. The zero-order valence-corrected chi connectivity index (χ0v) is 18.0. The van der Waals surface area contributed by atoms with Gasteiger partial charge in [0.25, 0.3) is 5.91 Å². The lowest BCUT2D eigenvalue weighted by Gasteiger charge is -2.40. The van der Waals surface area contributed by atoms with Crippen LogP contribution in [0.2, 0.25) is 5.02 Å². The highest BCUT2D eigenvalue weighted by atomic mass is 35.5. The van der Waals surface area contributed by atoms with Crippen LogP contribution in [0.1, 0.15) is 38.7 Å². The fraction of sp³-hybridized carbons (Fsp3) is 0.269. The molecule has 1 aliphatic heterocycles. The molecule has 5 rings (SSSR count). The number of nitrogens with zero attached hydrogens (tertiary/aromatic N) is 2. The first-order chi connectivity index (χ1) is 15.1. The van der Waals surface area contributed by atoms with Gasteiger partial charge in [-0.25, -0.2) is 4.39 Å². The third-order valence-electron chi connectivity index (χ3n) is 6.51. The average molecular weight is 435 g/mol. The zero-order valence-electron chi connectivity index (χ0n) is 17.2. The molecule has 2 aliphatic rings. The average Bonchev–Trinajstić information content (AvgIpc) is 2.96. The van der Waals surface area contributed by atoms with E-state index in [-0.39, 0.29) is 22.5 Å². The number of hydrogen-bond donors (Lipinski definition) is 0. The molecule has 0 aromatic heterocycles. The summed E-state index contributed by atoms with van der Waals surface area (Å²) in [6.45, 7) is 2.55. The summed E-state index contributed by atoms with van der Waals surface area (Å²) in [5.41, 5.74) is 5.46. The van der Waals surface area contributed by atoms with Crippen LogP contribution in [-0.2, 0) is 12.8 Å². The highest BCUT2D eigenvalue weighted by Crippen LogP contribution is 2.37. The van der Waals surface area contributed by atoms with E-state index in [0.29, 0.717) is 13.1 Å². The third kappa shape index (κ3) is 3.75. The van der Waals surface area contributed by atoms with Crippen LogP contribution in [0.25, 0.3) is 0 Å². The van der Waals surface area contributed by atoms with Gasteiger partial charge in [0.1, 0.15) is 5.82 Å². The van der Waals surface area contributed by atoms with Gasteiger partial charge in [-0.2, -0.15) is 0 Å². The van der Waals surface area contributed by atoms with E-state index in [1.54, 1.807) is 11.0 Å². The molecule has 0 atom stereocenters. The number of carbonyl (C=O) groups is 1. The Morgan fingerprint density at radius 2 is 1.39 bits per heavy atom. The van der Waals surface area contributed by atoms with Crippen molar-refractivity contribution < 1.29 is 9.18 Å². The quantitative estimate of drug-likeness (QED) is 0.558. The van der Waals surface area contributed by atoms with Gasteiger partial charge < -0.3 is 4.90 Å². The molecule has 1 amide bonds. The van der Waals surface area contributed by atoms with E-state index in [0.717, 1.165) is 25.9 Å². The first-order valence-corrected chi connectivity index (χ1v) is 11.1. The number of amides is 1. The maximum Gasteiger partial charge on any atom is 0.258 e. The summed E-state index contributed by atoms with van der Waals surface area (Å²) < 4.78 is 14.3. The van der Waals surface area contributed by atoms with Crippen LogP contribution in [0.15, 0.2) is 66.7 Å². The first kappa shape index (κ1) is 20.2. The molecule has 0 saturated carbocycles. The first-order valence-electron chi connectivity index (χ1n) is 10.8. The van der Waals surface area contributed by atoms with Gasteiger partial charge in [0.2, 0.25) is 0 Å². The Morgan fingerprint density at radius 3 is 1.97 bits per heavy atom. The summed E-state index contributed by atoms with van der Waals surface area (Å²) in [7, 11) is 0. The van der Waals surface area contributed by atoms with Crippen LogP contribution in [0.5, 0.6) is 0 Å². The molecule has 1 aliphatic carbocycles. The summed E-state index contributed by atoms with van der Waals surface area (Å²) in [5, 5.41) is 0.166. The minimum absolute atomic E-state index is 0.0252. The number of rotatable bonds is 2. The van der Waals surface area contributed by atoms with Gasteiger partial charge in [-0.1, -0.05) is 66.2 Å². The Hall–Kier alpha value is -2.69. The molecule has 3 aromatic carbocycles. The molecule has 1 saturated heterocycles. The molecule has 0 radical (unpaired) electrons. The van der Waals surface area contributed by atoms with Crippen LogP contribution in [0, 0.1) is 5.82 Å². The minimum Gasteiger partial charge on any atom is -0.336 e. The minimum atomic E-state index is -0.563. The summed E-state index contributed by atoms with van der Waals surface area (Å²) in [6.07, 6.45) is 2.07. The maximum absolute atomic E-state index is 14.3. The fourth-order valence-electron chi connectivity index (χ4n) is 4.93. The lowest BCUT2D eigenvalue weighted by Crippen LogP contribution is -2.50. The number of carbonyl (C=O) groups excluding carboxylic acids is 1. The number of halogens is 2. The van der Waals surface area contributed by atoms with E-state index in [1.807, 2.05) is 0 Å². The van der Waals surface area contributed by atoms with E-state index in [2.05, 4.69) is 53.4 Å². The number of fused-ring (bicyclic) bond motifs is 2. The highest BCUT2D eigenvalue weighted by molar-refractivity contribution is 6.33. The van der Waals surface area contributed by atoms with Crippen molar-refractivity contribution in [2.45, 2.75) is 18.9 Å². The summed E-state index contributed by atoms with van der Waals surface area (Å²) in [5.74, 6) is -0.893. The van der Waals surface area contributed by atoms with Crippen LogP contribution in [0.4, 0.5) is 4.39 Å². The van der Waals surface area contributed by atoms with Crippen LogP contribution in [-0.4, -0.2) is 41.9 Å². The van der Waals surface area contributed by atoms with Crippen molar-refractivity contribution >= 4 is 17.5 Å². The van der Waals surface area contributed by atoms with Gasteiger partial charge in [0, 0.05) is 26.2 Å². The molecule has 0 bridgehead atoms. The normalized spacial score (nSPS) is 17.0. The van der Waals surface area contributed by atoms with Crippen molar-refractivity contribution in [3.05, 3.63) is 105 Å². The molecule has 158 valence electrons. The molecule has 0 N–H and O–H groups in total. The summed E-state index contributed by atoms with van der Waals surface area (Å²) in [6, 6.07) is 21.9. The lowest BCUT2D eigenvalue weighted by molar-refractivity contribution is 0.0592. The van der Waals surface area contributed by atoms with Crippen molar-refractivity contribution in [1.82, 2.24) is 9.80 Å². The molecule has 5 heteroatoms. The molecule has 0 unspecified atom stereocenters. The maximum atomic E-state index is 14.3. The second-order valence-electron chi connectivity index (χ2n) is 8.22. The highest BCUT2D eigenvalue weighted by Gasteiger charge is 2.32. The predicted octanol–water partition coefficient (Wildman–Crippen LogP) is 5.13. The zero-order chi connectivity index (χ0) is 21.4.